The molecule has 4 heteroatoms. The lowest BCUT2D eigenvalue weighted by Gasteiger charge is -2.05. The van der Waals surface area contributed by atoms with E-state index in [1.807, 2.05) is 0 Å². The van der Waals surface area contributed by atoms with Crippen molar-refractivity contribution in [2.24, 2.45) is 5.73 Å². The molecule has 0 aliphatic heterocycles. The smallest absolute Gasteiger partial charge is 0.236 e. The molecule has 0 aliphatic carbocycles. The first-order chi connectivity index (χ1) is 4.68. The molecule has 0 rings (SSSR count). The Hall–Kier alpha value is -0.610. The van der Waals surface area contributed by atoms with Gasteiger partial charge in [-0.2, -0.15) is 0 Å². The summed E-state index contributed by atoms with van der Waals surface area (Å²) in [6, 6.07) is -0.460. The van der Waals surface area contributed by atoms with Gasteiger partial charge in [-0.1, -0.05) is 0 Å². The summed E-state index contributed by atoms with van der Waals surface area (Å²) in [5.41, 5.74) is 5.24. The summed E-state index contributed by atoms with van der Waals surface area (Å²) in [5, 5.41) is 10.9. The van der Waals surface area contributed by atoms with Crippen LogP contribution >= 0.6 is 0 Å². The van der Waals surface area contributed by atoms with Crippen molar-refractivity contribution < 1.29 is 9.90 Å². The van der Waals surface area contributed by atoms with E-state index >= 15 is 0 Å². The highest BCUT2D eigenvalue weighted by Crippen LogP contribution is 1.76. The quantitative estimate of drug-likeness (QED) is 0.437. The van der Waals surface area contributed by atoms with E-state index in [2.05, 4.69) is 5.32 Å². The second-order valence-electron chi connectivity index (χ2n) is 2.16. The van der Waals surface area contributed by atoms with Gasteiger partial charge in [0.05, 0.1) is 6.04 Å². The van der Waals surface area contributed by atoms with Crippen LogP contribution in [0.2, 0.25) is 0 Å². The number of aliphatic hydroxyl groups excluding tert-OH is 1. The monoisotopic (exact) mass is 146 g/mol. The Morgan fingerprint density at radius 2 is 2.40 bits per heavy atom. The Balaban J connectivity index is 3.22. The number of aliphatic hydroxyl groups is 1. The fraction of sp³-hybridized carbons (Fsp3) is 0.833. The molecule has 0 aliphatic rings. The summed E-state index contributed by atoms with van der Waals surface area (Å²) < 4.78 is 0. The zero-order valence-electron chi connectivity index (χ0n) is 6.13. The molecule has 60 valence electrons. The molecular weight excluding hydrogens is 132 g/mol. The largest absolute Gasteiger partial charge is 0.396 e. The Bertz CT molecular complexity index is 104. The Morgan fingerprint density at radius 3 is 2.80 bits per heavy atom. The van der Waals surface area contributed by atoms with Gasteiger partial charge >= 0.3 is 0 Å². The second-order valence-corrected chi connectivity index (χ2v) is 2.16. The second kappa shape index (κ2) is 5.20. The minimum atomic E-state index is -0.460. The first-order valence-electron chi connectivity index (χ1n) is 3.32. The van der Waals surface area contributed by atoms with Crippen molar-refractivity contribution in [3.63, 3.8) is 0 Å². The average Bonchev–Trinajstić information content (AvgIpc) is 1.88. The average molecular weight is 146 g/mol. The number of carbonyl (C=O) groups is 1. The summed E-state index contributed by atoms with van der Waals surface area (Å²) >= 11 is 0. The van der Waals surface area contributed by atoms with E-state index in [-0.39, 0.29) is 12.5 Å². The molecule has 0 heterocycles. The molecule has 0 bridgehead atoms. The van der Waals surface area contributed by atoms with Crippen LogP contribution in [-0.4, -0.2) is 30.2 Å². The van der Waals surface area contributed by atoms with Crippen LogP contribution in [0.5, 0.6) is 0 Å². The summed E-state index contributed by atoms with van der Waals surface area (Å²) in [7, 11) is 0. The maximum Gasteiger partial charge on any atom is 0.236 e. The molecule has 0 aromatic heterocycles. The van der Waals surface area contributed by atoms with Crippen LogP contribution < -0.4 is 11.1 Å². The van der Waals surface area contributed by atoms with E-state index in [1.54, 1.807) is 6.92 Å². The molecule has 0 fully saturated rings. The third-order valence-corrected chi connectivity index (χ3v) is 1.05. The van der Waals surface area contributed by atoms with Crippen LogP contribution in [0.3, 0.4) is 0 Å². The predicted molar refractivity (Wildman–Crippen MR) is 38.4 cm³/mol. The van der Waals surface area contributed by atoms with Crippen molar-refractivity contribution in [3.05, 3.63) is 0 Å². The van der Waals surface area contributed by atoms with Gasteiger partial charge in [-0.05, 0) is 13.3 Å². The fourth-order valence-electron chi connectivity index (χ4n) is 0.452. The number of hydrogen-bond donors (Lipinski definition) is 3. The standard InChI is InChI=1S/C6H14N2O2/c1-5(7)6(10)8-3-2-4-9/h5,9H,2-4,7H2,1H3,(H,8,10)/t5-/m1/s1. The van der Waals surface area contributed by atoms with Crippen molar-refractivity contribution in [2.75, 3.05) is 13.2 Å². The molecule has 1 amide bonds. The van der Waals surface area contributed by atoms with Gasteiger partial charge in [-0.15, -0.1) is 0 Å². The minimum absolute atomic E-state index is 0.0965. The molecule has 0 saturated carbocycles. The van der Waals surface area contributed by atoms with Crippen molar-refractivity contribution in [2.45, 2.75) is 19.4 Å². The van der Waals surface area contributed by atoms with E-state index in [0.717, 1.165) is 0 Å². The lowest BCUT2D eigenvalue weighted by atomic mass is 10.3. The third kappa shape index (κ3) is 4.29. The van der Waals surface area contributed by atoms with Crippen LogP contribution in [0.1, 0.15) is 13.3 Å². The maximum absolute atomic E-state index is 10.7. The van der Waals surface area contributed by atoms with Gasteiger partial charge in [-0.25, -0.2) is 0 Å². The van der Waals surface area contributed by atoms with Crippen molar-refractivity contribution in [1.82, 2.24) is 5.32 Å². The molecule has 0 unspecified atom stereocenters. The zero-order valence-corrected chi connectivity index (χ0v) is 6.13. The highest BCUT2D eigenvalue weighted by Gasteiger charge is 2.04. The number of rotatable bonds is 4. The van der Waals surface area contributed by atoms with E-state index in [1.165, 1.54) is 0 Å². The predicted octanol–water partition coefficient (Wildman–Crippen LogP) is -1.17. The molecule has 0 spiro atoms. The maximum atomic E-state index is 10.7. The normalized spacial score (nSPS) is 12.7. The summed E-state index contributed by atoms with van der Waals surface area (Å²) in [5.74, 6) is -0.173. The fourth-order valence-corrected chi connectivity index (χ4v) is 0.452. The van der Waals surface area contributed by atoms with Crippen LogP contribution in [0.15, 0.2) is 0 Å². The lowest BCUT2D eigenvalue weighted by molar-refractivity contribution is -0.121. The molecule has 10 heavy (non-hydrogen) atoms. The van der Waals surface area contributed by atoms with E-state index in [0.29, 0.717) is 13.0 Å². The van der Waals surface area contributed by atoms with Gasteiger partial charge in [-0.3, -0.25) is 4.79 Å². The van der Waals surface area contributed by atoms with Crippen LogP contribution in [0, 0.1) is 0 Å². The number of nitrogens with one attached hydrogen (secondary N) is 1. The van der Waals surface area contributed by atoms with Gasteiger partial charge < -0.3 is 16.2 Å². The molecule has 0 aromatic carbocycles. The van der Waals surface area contributed by atoms with E-state index in [4.69, 9.17) is 10.8 Å². The molecule has 4 nitrogen and oxygen atoms in total. The highest BCUT2D eigenvalue weighted by atomic mass is 16.3. The number of amides is 1. The summed E-state index contributed by atoms with van der Waals surface area (Å²) in [4.78, 5) is 10.7. The van der Waals surface area contributed by atoms with E-state index < -0.39 is 6.04 Å². The van der Waals surface area contributed by atoms with Gasteiger partial charge in [0.15, 0.2) is 0 Å². The van der Waals surface area contributed by atoms with Crippen molar-refractivity contribution in [3.8, 4) is 0 Å². The van der Waals surface area contributed by atoms with Gasteiger partial charge in [0, 0.05) is 13.2 Å². The summed E-state index contributed by atoms with van der Waals surface area (Å²) in [6.45, 7) is 2.21. The molecular formula is C6H14N2O2. The lowest BCUT2D eigenvalue weighted by Crippen LogP contribution is -2.38. The SMILES string of the molecule is C[C@@H](N)C(=O)NCCCO. The van der Waals surface area contributed by atoms with Crippen LogP contribution in [-0.2, 0) is 4.79 Å². The van der Waals surface area contributed by atoms with Gasteiger partial charge in [0.25, 0.3) is 0 Å². The zero-order chi connectivity index (χ0) is 7.98. The van der Waals surface area contributed by atoms with Crippen molar-refractivity contribution in [1.29, 1.82) is 0 Å². The highest BCUT2D eigenvalue weighted by molar-refractivity contribution is 5.80. The van der Waals surface area contributed by atoms with Gasteiger partial charge in [0.1, 0.15) is 0 Å². The van der Waals surface area contributed by atoms with Crippen LogP contribution in [0.25, 0.3) is 0 Å². The van der Waals surface area contributed by atoms with E-state index in [9.17, 15) is 4.79 Å². The molecule has 0 saturated heterocycles. The number of hydrogen-bond acceptors (Lipinski definition) is 3. The number of carbonyl (C=O) groups excluding carboxylic acids is 1. The third-order valence-electron chi connectivity index (χ3n) is 1.05. The molecule has 0 radical (unpaired) electrons. The topological polar surface area (TPSA) is 75.4 Å². The molecule has 1 atom stereocenters. The first kappa shape index (κ1) is 9.39. The Kier molecular flexibility index (Phi) is 4.88. The first-order valence-corrected chi connectivity index (χ1v) is 3.32. The molecule has 4 N–H and O–H groups in total. The van der Waals surface area contributed by atoms with Crippen molar-refractivity contribution >= 4 is 5.91 Å². The number of nitrogens with two attached hydrogens (primary N) is 1. The summed E-state index contributed by atoms with van der Waals surface area (Å²) in [6.07, 6.45) is 0.582. The molecule has 0 aromatic rings. The Labute approximate surface area is 60.4 Å². The van der Waals surface area contributed by atoms with Gasteiger partial charge in [0.2, 0.25) is 5.91 Å². The Morgan fingerprint density at radius 1 is 1.80 bits per heavy atom. The van der Waals surface area contributed by atoms with Crippen LogP contribution in [0.4, 0.5) is 0 Å². The minimum Gasteiger partial charge on any atom is -0.396 e.